The van der Waals surface area contributed by atoms with Gasteiger partial charge in [0.25, 0.3) is 5.91 Å². The number of ether oxygens (including phenoxy) is 1. The van der Waals surface area contributed by atoms with Crippen LogP contribution >= 0.6 is 0 Å². The summed E-state index contributed by atoms with van der Waals surface area (Å²) in [5.41, 5.74) is 1.49. The van der Waals surface area contributed by atoms with Gasteiger partial charge in [-0.25, -0.2) is 0 Å². The number of benzene rings is 1. The summed E-state index contributed by atoms with van der Waals surface area (Å²) < 4.78 is 5.57. The Morgan fingerprint density at radius 1 is 1.28 bits per heavy atom. The molecule has 0 radical (unpaired) electrons. The number of nitrogens with zero attached hydrogens (tertiary/aromatic N) is 1. The lowest BCUT2D eigenvalue weighted by Crippen LogP contribution is -2.35. The summed E-state index contributed by atoms with van der Waals surface area (Å²) in [6.45, 7) is 5.07. The van der Waals surface area contributed by atoms with Crippen LogP contribution in [0.15, 0.2) is 18.2 Å². The van der Waals surface area contributed by atoms with Gasteiger partial charge in [-0.1, -0.05) is 11.6 Å². The van der Waals surface area contributed by atoms with E-state index in [0.29, 0.717) is 11.3 Å². The van der Waals surface area contributed by atoms with Gasteiger partial charge in [0.1, 0.15) is 5.75 Å². The topological polar surface area (TPSA) is 46.6 Å². The van der Waals surface area contributed by atoms with Gasteiger partial charge < -0.3 is 9.64 Å². The van der Waals surface area contributed by atoms with Crippen molar-refractivity contribution >= 4 is 11.7 Å². The molecule has 0 aliphatic rings. The van der Waals surface area contributed by atoms with E-state index in [1.807, 2.05) is 13.0 Å². The number of aryl methyl sites for hydroxylation is 1. The van der Waals surface area contributed by atoms with E-state index in [1.54, 1.807) is 33.2 Å². The second-order valence-electron chi connectivity index (χ2n) is 4.55. The van der Waals surface area contributed by atoms with Crippen molar-refractivity contribution in [3.8, 4) is 5.75 Å². The van der Waals surface area contributed by atoms with Crippen LogP contribution in [-0.2, 0) is 4.79 Å². The third kappa shape index (κ3) is 3.32. The van der Waals surface area contributed by atoms with Gasteiger partial charge in [-0.3, -0.25) is 9.59 Å². The monoisotopic (exact) mass is 249 g/mol. The van der Waals surface area contributed by atoms with Gasteiger partial charge in [-0.15, -0.1) is 0 Å². The fourth-order valence-electron chi connectivity index (χ4n) is 1.63. The summed E-state index contributed by atoms with van der Waals surface area (Å²) in [5.74, 6) is 0.249. The number of hydrogen-bond donors (Lipinski definition) is 0. The SMILES string of the molecule is CC(=O)c1cc(C)ccc1OC(C)C(=O)N(C)C. The lowest BCUT2D eigenvalue weighted by atomic mass is 10.1. The number of hydrogen-bond acceptors (Lipinski definition) is 3. The molecule has 0 saturated heterocycles. The van der Waals surface area contributed by atoms with Crippen LogP contribution in [0.25, 0.3) is 0 Å². The van der Waals surface area contributed by atoms with Crippen molar-refractivity contribution in [3.05, 3.63) is 29.3 Å². The van der Waals surface area contributed by atoms with Gasteiger partial charge in [0.2, 0.25) is 0 Å². The molecule has 0 aliphatic heterocycles. The zero-order chi connectivity index (χ0) is 13.9. The molecule has 98 valence electrons. The molecule has 0 aromatic heterocycles. The first-order chi connectivity index (χ1) is 8.32. The van der Waals surface area contributed by atoms with Crippen LogP contribution in [0.3, 0.4) is 0 Å². The van der Waals surface area contributed by atoms with E-state index >= 15 is 0 Å². The molecule has 1 amide bonds. The quantitative estimate of drug-likeness (QED) is 0.767. The molecule has 0 fully saturated rings. The van der Waals surface area contributed by atoms with E-state index in [9.17, 15) is 9.59 Å². The van der Waals surface area contributed by atoms with Gasteiger partial charge in [-0.05, 0) is 32.9 Å². The van der Waals surface area contributed by atoms with Crippen molar-refractivity contribution in [2.24, 2.45) is 0 Å². The molecular weight excluding hydrogens is 230 g/mol. The Hall–Kier alpha value is -1.84. The number of amides is 1. The third-order valence-electron chi connectivity index (χ3n) is 2.61. The molecule has 1 atom stereocenters. The van der Waals surface area contributed by atoms with Crippen LogP contribution in [0.5, 0.6) is 5.75 Å². The summed E-state index contributed by atoms with van der Waals surface area (Å²) in [6, 6.07) is 5.35. The van der Waals surface area contributed by atoms with E-state index in [-0.39, 0.29) is 11.7 Å². The maximum atomic E-state index is 11.7. The minimum absolute atomic E-state index is 0.0711. The standard InChI is InChI=1S/C14H19NO3/c1-9-6-7-13(12(8-9)10(2)16)18-11(3)14(17)15(4)5/h6-8,11H,1-5H3. The zero-order valence-corrected chi connectivity index (χ0v) is 11.5. The number of carbonyl (C=O) groups excluding carboxylic acids is 2. The van der Waals surface area contributed by atoms with E-state index in [0.717, 1.165) is 5.56 Å². The van der Waals surface area contributed by atoms with Gasteiger partial charge >= 0.3 is 0 Å². The summed E-state index contributed by atoms with van der Waals surface area (Å²) in [6.07, 6.45) is -0.610. The first-order valence-corrected chi connectivity index (χ1v) is 5.82. The summed E-state index contributed by atoms with van der Waals surface area (Å²) in [5, 5.41) is 0. The van der Waals surface area contributed by atoms with Crippen LogP contribution in [0.4, 0.5) is 0 Å². The fourth-order valence-corrected chi connectivity index (χ4v) is 1.63. The van der Waals surface area contributed by atoms with Gasteiger partial charge in [0, 0.05) is 14.1 Å². The first kappa shape index (κ1) is 14.2. The smallest absolute Gasteiger partial charge is 0.262 e. The molecule has 1 unspecified atom stereocenters. The summed E-state index contributed by atoms with van der Waals surface area (Å²) in [4.78, 5) is 24.7. The highest BCUT2D eigenvalue weighted by molar-refractivity contribution is 5.97. The van der Waals surface area contributed by atoms with Crippen LogP contribution in [0.1, 0.15) is 29.8 Å². The largest absolute Gasteiger partial charge is 0.480 e. The molecule has 1 aromatic rings. The number of rotatable bonds is 4. The second kappa shape index (κ2) is 5.67. The van der Waals surface area contributed by atoms with Gasteiger partial charge in [-0.2, -0.15) is 0 Å². The predicted molar refractivity (Wildman–Crippen MR) is 70.0 cm³/mol. The van der Waals surface area contributed by atoms with Crippen LogP contribution < -0.4 is 4.74 Å². The summed E-state index contributed by atoms with van der Waals surface area (Å²) >= 11 is 0. The molecule has 0 spiro atoms. The molecule has 0 heterocycles. The Labute approximate surface area is 108 Å². The Balaban J connectivity index is 2.97. The number of ketones is 1. The van der Waals surface area contributed by atoms with Crippen LogP contribution in [0.2, 0.25) is 0 Å². The van der Waals surface area contributed by atoms with Crippen molar-refractivity contribution in [1.29, 1.82) is 0 Å². The molecule has 1 rings (SSSR count). The van der Waals surface area contributed by atoms with Crippen LogP contribution in [0, 0.1) is 6.92 Å². The molecule has 4 heteroatoms. The lowest BCUT2D eigenvalue weighted by Gasteiger charge is -2.19. The van der Waals surface area contributed by atoms with Crippen molar-refractivity contribution in [1.82, 2.24) is 4.90 Å². The Kier molecular flexibility index (Phi) is 4.48. The maximum absolute atomic E-state index is 11.7. The first-order valence-electron chi connectivity index (χ1n) is 5.82. The number of likely N-dealkylation sites (N-methyl/N-ethyl adjacent to an activating group) is 1. The third-order valence-corrected chi connectivity index (χ3v) is 2.61. The van der Waals surface area contributed by atoms with Crippen molar-refractivity contribution < 1.29 is 14.3 Å². The molecule has 0 N–H and O–H groups in total. The van der Waals surface area contributed by atoms with E-state index in [1.165, 1.54) is 11.8 Å². The van der Waals surface area contributed by atoms with E-state index in [2.05, 4.69) is 0 Å². The van der Waals surface area contributed by atoms with Gasteiger partial charge in [0.05, 0.1) is 5.56 Å². The maximum Gasteiger partial charge on any atom is 0.262 e. The van der Waals surface area contributed by atoms with Gasteiger partial charge in [0.15, 0.2) is 11.9 Å². The zero-order valence-electron chi connectivity index (χ0n) is 11.5. The molecule has 4 nitrogen and oxygen atoms in total. The molecular formula is C14H19NO3. The number of carbonyl (C=O) groups is 2. The van der Waals surface area contributed by atoms with Crippen molar-refractivity contribution in [2.45, 2.75) is 26.9 Å². The fraction of sp³-hybridized carbons (Fsp3) is 0.429. The average molecular weight is 249 g/mol. The minimum Gasteiger partial charge on any atom is -0.480 e. The van der Waals surface area contributed by atoms with Crippen molar-refractivity contribution in [3.63, 3.8) is 0 Å². The summed E-state index contributed by atoms with van der Waals surface area (Å²) in [7, 11) is 3.34. The molecule has 0 aliphatic carbocycles. The second-order valence-corrected chi connectivity index (χ2v) is 4.55. The highest BCUT2D eigenvalue weighted by Gasteiger charge is 2.19. The Morgan fingerprint density at radius 3 is 2.39 bits per heavy atom. The molecule has 1 aromatic carbocycles. The lowest BCUT2D eigenvalue weighted by molar-refractivity contribution is -0.135. The van der Waals surface area contributed by atoms with E-state index < -0.39 is 6.10 Å². The van der Waals surface area contributed by atoms with E-state index in [4.69, 9.17) is 4.74 Å². The predicted octanol–water partition coefficient (Wildman–Crippen LogP) is 2.05. The normalized spacial score (nSPS) is 11.8. The molecule has 0 saturated carbocycles. The highest BCUT2D eigenvalue weighted by atomic mass is 16.5. The average Bonchev–Trinajstić information content (AvgIpc) is 2.29. The molecule has 18 heavy (non-hydrogen) atoms. The van der Waals surface area contributed by atoms with Crippen molar-refractivity contribution in [2.75, 3.05) is 14.1 Å². The number of Topliss-reactive ketones (excluding diaryl/α,β-unsaturated/α-hetero) is 1. The minimum atomic E-state index is -0.610. The Morgan fingerprint density at radius 2 is 1.89 bits per heavy atom. The Bertz CT molecular complexity index is 466. The van der Waals surface area contributed by atoms with Crippen LogP contribution in [-0.4, -0.2) is 36.8 Å². The molecule has 0 bridgehead atoms. The highest BCUT2D eigenvalue weighted by Crippen LogP contribution is 2.22.